The van der Waals surface area contributed by atoms with Crippen LogP contribution in [0, 0.1) is 13.8 Å². The Morgan fingerprint density at radius 3 is 2.57 bits per heavy atom. The van der Waals surface area contributed by atoms with Gasteiger partial charge < -0.3 is 20.1 Å². The van der Waals surface area contributed by atoms with Gasteiger partial charge in [0.15, 0.2) is 5.82 Å². The number of aromatic nitrogens is 1. The predicted octanol–water partition coefficient (Wildman–Crippen LogP) is 4.21. The molecule has 2 aromatic carbocycles. The van der Waals surface area contributed by atoms with Crippen molar-refractivity contribution in [1.29, 1.82) is 0 Å². The molecule has 1 aliphatic rings. The van der Waals surface area contributed by atoms with Gasteiger partial charge in [0.1, 0.15) is 11.8 Å². The molecule has 1 aromatic heterocycles. The van der Waals surface area contributed by atoms with E-state index in [1.807, 2.05) is 60.4 Å². The summed E-state index contributed by atoms with van der Waals surface area (Å²) in [5.74, 6) is 0.908. The number of anilines is 3. The van der Waals surface area contributed by atoms with Gasteiger partial charge in [-0.2, -0.15) is 0 Å². The highest BCUT2D eigenvalue weighted by atomic mass is 16.5. The molecule has 0 spiro atoms. The van der Waals surface area contributed by atoms with Crippen molar-refractivity contribution in [3.63, 3.8) is 0 Å². The predicted molar refractivity (Wildman–Crippen MR) is 115 cm³/mol. The number of rotatable bonds is 6. The first kappa shape index (κ1) is 19.7. The molecular weight excluding hydrogens is 380 g/mol. The van der Waals surface area contributed by atoms with E-state index in [9.17, 15) is 9.59 Å². The number of nitrogens with one attached hydrogen (secondary N) is 2. The molecule has 0 aliphatic carbocycles. The summed E-state index contributed by atoms with van der Waals surface area (Å²) >= 11 is 0. The Kier molecular flexibility index (Phi) is 5.52. The number of benzene rings is 2. The van der Waals surface area contributed by atoms with Gasteiger partial charge in [-0.15, -0.1) is 0 Å². The second kappa shape index (κ2) is 8.41. The summed E-state index contributed by atoms with van der Waals surface area (Å²) in [5, 5.41) is 9.96. The Balaban J connectivity index is 1.58. The zero-order valence-electron chi connectivity index (χ0n) is 17.0. The van der Waals surface area contributed by atoms with Crippen LogP contribution in [0.3, 0.4) is 0 Å². The maximum atomic E-state index is 13.0. The number of carbonyl (C=O) groups excluding carboxylic acids is 2. The lowest BCUT2D eigenvalue weighted by Crippen LogP contribution is -2.27. The third-order valence-electron chi connectivity index (χ3n) is 5.15. The van der Waals surface area contributed by atoms with E-state index < -0.39 is 6.04 Å². The van der Waals surface area contributed by atoms with Gasteiger partial charge in [0.05, 0.1) is 0 Å². The fourth-order valence-electron chi connectivity index (χ4n) is 3.69. The average Bonchev–Trinajstić information content (AvgIpc) is 3.34. The molecule has 7 heteroatoms. The van der Waals surface area contributed by atoms with Crippen LogP contribution in [0.1, 0.15) is 35.8 Å². The van der Waals surface area contributed by atoms with Gasteiger partial charge in [-0.1, -0.05) is 35.5 Å². The van der Waals surface area contributed by atoms with Crippen molar-refractivity contribution in [2.45, 2.75) is 32.7 Å². The first-order valence-electron chi connectivity index (χ1n) is 9.98. The Morgan fingerprint density at radius 2 is 1.93 bits per heavy atom. The average molecular weight is 404 g/mol. The molecule has 1 saturated heterocycles. The molecule has 1 fully saturated rings. The normalized spacial score (nSPS) is 14.6. The Morgan fingerprint density at radius 1 is 1.13 bits per heavy atom. The molecule has 1 aliphatic heterocycles. The monoisotopic (exact) mass is 404 g/mol. The molecule has 30 heavy (non-hydrogen) atoms. The molecule has 4 rings (SSSR count). The van der Waals surface area contributed by atoms with Crippen LogP contribution < -0.4 is 15.5 Å². The molecular formula is C23H24N4O3. The summed E-state index contributed by atoms with van der Waals surface area (Å²) in [6.07, 6.45) is 1.48. The van der Waals surface area contributed by atoms with Crippen molar-refractivity contribution in [2.75, 3.05) is 22.1 Å². The lowest BCUT2D eigenvalue weighted by molar-refractivity contribution is -0.117. The van der Waals surface area contributed by atoms with E-state index >= 15 is 0 Å². The van der Waals surface area contributed by atoms with E-state index in [0.29, 0.717) is 18.0 Å². The van der Waals surface area contributed by atoms with Gasteiger partial charge in [-0.05, 0) is 49.6 Å². The molecule has 7 nitrogen and oxygen atoms in total. The molecule has 1 atom stereocenters. The molecule has 2 N–H and O–H groups in total. The largest absolute Gasteiger partial charge is 0.370 e. The Hall–Kier alpha value is -3.61. The van der Waals surface area contributed by atoms with Crippen LogP contribution in [-0.4, -0.2) is 23.5 Å². The third-order valence-corrected chi connectivity index (χ3v) is 5.15. The highest BCUT2D eigenvalue weighted by Gasteiger charge is 2.24. The Labute approximate surface area is 175 Å². The van der Waals surface area contributed by atoms with Crippen LogP contribution in [0.25, 0.3) is 0 Å². The van der Waals surface area contributed by atoms with Crippen LogP contribution in [-0.2, 0) is 9.59 Å². The number of amides is 2. The number of aryl methyl sites for hydroxylation is 2. The molecule has 0 bridgehead atoms. The van der Waals surface area contributed by atoms with Crippen molar-refractivity contribution in [3.05, 3.63) is 71.5 Å². The highest BCUT2D eigenvalue weighted by Crippen LogP contribution is 2.29. The van der Waals surface area contributed by atoms with Gasteiger partial charge in [-0.3, -0.25) is 9.59 Å². The minimum absolute atomic E-state index is 0.156. The van der Waals surface area contributed by atoms with E-state index in [0.717, 1.165) is 35.5 Å². The molecule has 0 radical (unpaired) electrons. The first-order valence-corrected chi connectivity index (χ1v) is 9.98. The molecule has 0 saturated carbocycles. The highest BCUT2D eigenvalue weighted by molar-refractivity contribution is 5.97. The zero-order valence-corrected chi connectivity index (χ0v) is 17.0. The van der Waals surface area contributed by atoms with Crippen LogP contribution in [0.15, 0.2) is 59.1 Å². The molecule has 2 heterocycles. The molecule has 154 valence electrons. The second-order valence-corrected chi connectivity index (χ2v) is 7.45. The Bertz CT molecular complexity index is 1060. The first-order chi connectivity index (χ1) is 14.5. The number of carbonyl (C=O) groups is 2. The number of hydrogen-bond donors (Lipinski definition) is 2. The SMILES string of the molecule is Cc1cc(NC(=O)[C@H](Nc2ccc(N3CCCC3=O)c(C)c2)c2ccccc2)no1. The van der Waals surface area contributed by atoms with Crippen LogP contribution in [0.2, 0.25) is 0 Å². The number of nitrogens with zero attached hydrogens (tertiary/aromatic N) is 2. The van der Waals surface area contributed by atoms with E-state index in [2.05, 4.69) is 15.8 Å². The maximum absolute atomic E-state index is 13.0. The van der Waals surface area contributed by atoms with Crippen molar-refractivity contribution in [1.82, 2.24) is 5.16 Å². The van der Waals surface area contributed by atoms with Gasteiger partial charge >= 0.3 is 0 Å². The van der Waals surface area contributed by atoms with Crippen LogP contribution in [0.4, 0.5) is 17.2 Å². The fraction of sp³-hybridized carbons (Fsp3) is 0.261. The number of hydrogen-bond acceptors (Lipinski definition) is 5. The van der Waals surface area contributed by atoms with E-state index in [1.54, 1.807) is 13.0 Å². The van der Waals surface area contributed by atoms with Crippen molar-refractivity contribution in [3.8, 4) is 0 Å². The van der Waals surface area contributed by atoms with E-state index in [-0.39, 0.29) is 11.8 Å². The summed E-state index contributed by atoms with van der Waals surface area (Å²) < 4.78 is 5.04. The summed E-state index contributed by atoms with van der Waals surface area (Å²) in [6.45, 7) is 4.49. The minimum Gasteiger partial charge on any atom is -0.370 e. The van der Waals surface area contributed by atoms with Crippen LogP contribution >= 0.6 is 0 Å². The topological polar surface area (TPSA) is 87.5 Å². The van der Waals surface area contributed by atoms with Gasteiger partial charge in [-0.25, -0.2) is 0 Å². The maximum Gasteiger partial charge on any atom is 0.252 e. The lowest BCUT2D eigenvalue weighted by atomic mass is 10.0. The van der Waals surface area contributed by atoms with Crippen molar-refractivity contribution < 1.29 is 14.1 Å². The van der Waals surface area contributed by atoms with E-state index in [1.165, 1.54) is 0 Å². The smallest absolute Gasteiger partial charge is 0.252 e. The quantitative estimate of drug-likeness (QED) is 0.643. The molecule has 0 unspecified atom stereocenters. The zero-order chi connectivity index (χ0) is 21.1. The summed E-state index contributed by atoms with van der Waals surface area (Å²) in [5.41, 5.74) is 3.52. The molecule has 3 aromatic rings. The van der Waals surface area contributed by atoms with Gasteiger partial charge in [0.25, 0.3) is 5.91 Å². The lowest BCUT2D eigenvalue weighted by Gasteiger charge is -2.22. The summed E-state index contributed by atoms with van der Waals surface area (Å²) in [4.78, 5) is 26.9. The summed E-state index contributed by atoms with van der Waals surface area (Å²) in [6, 6.07) is 16.3. The van der Waals surface area contributed by atoms with Gasteiger partial charge in [0, 0.05) is 30.4 Å². The van der Waals surface area contributed by atoms with Crippen LogP contribution in [0.5, 0.6) is 0 Å². The van der Waals surface area contributed by atoms with Crippen molar-refractivity contribution in [2.24, 2.45) is 0 Å². The summed E-state index contributed by atoms with van der Waals surface area (Å²) in [7, 11) is 0. The van der Waals surface area contributed by atoms with Crippen molar-refractivity contribution >= 4 is 29.0 Å². The third kappa shape index (κ3) is 4.20. The standard InChI is InChI=1S/C23H24N4O3/c1-15-13-18(10-11-19(15)27-12-6-9-21(27)28)24-22(17-7-4-3-5-8-17)23(29)25-20-14-16(2)30-26-20/h3-5,7-8,10-11,13-14,22,24H,6,9,12H2,1-2H3,(H,25,26,29)/t22-/m1/s1. The van der Waals surface area contributed by atoms with E-state index in [4.69, 9.17) is 4.52 Å². The molecule has 2 amide bonds. The van der Waals surface area contributed by atoms with Gasteiger partial charge in [0.2, 0.25) is 5.91 Å². The minimum atomic E-state index is -0.623. The fourth-order valence-corrected chi connectivity index (χ4v) is 3.69. The second-order valence-electron chi connectivity index (χ2n) is 7.45.